The Labute approximate surface area is 127 Å². The van der Waals surface area contributed by atoms with Crippen molar-refractivity contribution in [2.24, 2.45) is 0 Å². The fourth-order valence-electron chi connectivity index (χ4n) is 1.45. The van der Waals surface area contributed by atoms with Crippen LogP contribution in [0.25, 0.3) is 0 Å². The van der Waals surface area contributed by atoms with Crippen molar-refractivity contribution >= 4 is 34.9 Å². The molecule has 10 heteroatoms. The fourth-order valence-corrected chi connectivity index (χ4v) is 1.71. The van der Waals surface area contributed by atoms with Crippen LogP contribution in [0.1, 0.15) is 10.4 Å². The molecular weight excluding hydrogens is 325 g/mol. The zero-order valence-corrected chi connectivity index (χ0v) is 11.5. The second-order valence-corrected chi connectivity index (χ2v) is 4.41. The lowest BCUT2D eigenvalue weighted by molar-refractivity contribution is -0.385. The summed E-state index contributed by atoms with van der Waals surface area (Å²) in [4.78, 5) is 21.0. The van der Waals surface area contributed by atoms with E-state index in [9.17, 15) is 14.9 Å². The molecule has 0 bridgehead atoms. The van der Waals surface area contributed by atoms with Crippen LogP contribution in [0.15, 0.2) is 24.3 Å². The van der Waals surface area contributed by atoms with Crippen molar-refractivity contribution in [2.45, 2.75) is 0 Å². The molecule has 8 nitrogen and oxygen atoms in total. The lowest BCUT2D eigenvalue weighted by Gasteiger charge is -2.07. The summed E-state index contributed by atoms with van der Waals surface area (Å²) >= 11 is 11.4. The number of rotatable bonds is 4. The van der Waals surface area contributed by atoms with Crippen LogP contribution in [-0.2, 0) is 0 Å². The average molecular weight is 330 g/mol. The number of benzene rings is 1. The molecule has 0 saturated heterocycles. The first kappa shape index (κ1) is 14.9. The van der Waals surface area contributed by atoms with Crippen molar-refractivity contribution < 1.29 is 19.6 Å². The van der Waals surface area contributed by atoms with Crippen LogP contribution in [0.5, 0.6) is 11.5 Å². The lowest BCUT2D eigenvalue weighted by atomic mass is 10.1. The Morgan fingerprint density at radius 3 is 2.62 bits per heavy atom. The third-order valence-corrected chi connectivity index (χ3v) is 2.76. The monoisotopic (exact) mass is 329 g/mol. The molecule has 0 unspecified atom stereocenters. The molecular formula is C11H5Cl2N3O5. The quantitative estimate of drug-likeness (QED) is 0.676. The van der Waals surface area contributed by atoms with Gasteiger partial charge in [-0.05, 0) is 6.07 Å². The molecule has 1 heterocycles. The molecule has 1 aromatic carbocycles. The number of hydrogen-bond donors (Lipinski definition) is 1. The van der Waals surface area contributed by atoms with E-state index in [1.54, 1.807) is 0 Å². The van der Waals surface area contributed by atoms with Gasteiger partial charge in [0.05, 0.1) is 4.92 Å². The molecule has 0 atom stereocenters. The highest BCUT2D eigenvalue weighted by Gasteiger charge is 2.21. The maximum absolute atomic E-state index is 11.0. The summed E-state index contributed by atoms with van der Waals surface area (Å²) in [6.45, 7) is 0. The van der Waals surface area contributed by atoms with Crippen LogP contribution in [0.4, 0.5) is 5.69 Å². The van der Waals surface area contributed by atoms with Gasteiger partial charge in [-0.1, -0.05) is 23.2 Å². The molecule has 0 aliphatic rings. The van der Waals surface area contributed by atoms with E-state index in [0.717, 1.165) is 12.1 Å². The van der Waals surface area contributed by atoms with Crippen molar-refractivity contribution in [1.82, 2.24) is 10.2 Å². The number of aromatic carboxylic acids is 1. The van der Waals surface area contributed by atoms with Gasteiger partial charge in [-0.25, -0.2) is 4.79 Å². The van der Waals surface area contributed by atoms with Gasteiger partial charge in [0.25, 0.3) is 5.69 Å². The summed E-state index contributed by atoms with van der Waals surface area (Å²) in [5, 5.41) is 26.6. The molecule has 0 aliphatic carbocycles. The molecule has 0 amide bonds. The third kappa shape index (κ3) is 3.36. The number of carbonyl (C=O) groups is 1. The largest absolute Gasteiger partial charge is 0.477 e. The van der Waals surface area contributed by atoms with E-state index in [1.807, 2.05) is 0 Å². The molecule has 0 radical (unpaired) electrons. The molecule has 0 spiro atoms. The van der Waals surface area contributed by atoms with Crippen LogP contribution in [0.2, 0.25) is 10.3 Å². The van der Waals surface area contributed by atoms with E-state index in [1.165, 1.54) is 12.1 Å². The maximum atomic E-state index is 11.0. The molecule has 0 fully saturated rings. The van der Waals surface area contributed by atoms with Gasteiger partial charge < -0.3 is 9.84 Å². The average Bonchev–Trinajstić information content (AvgIpc) is 2.42. The molecule has 0 saturated carbocycles. The smallest absolute Gasteiger partial charge is 0.342 e. The lowest BCUT2D eigenvalue weighted by Crippen LogP contribution is -2.03. The van der Waals surface area contributed by atoms with Gasteiger partial charge in [0, 0.05) is 18.2 Å². The minimum atomic E-state index is -1.45. The molecule has 21 heavy (non-hydrogen) atoms. The van der Waals surface area contributed by atoms with E-state index >= 15 is 0 Å². The zero-order valence-electron chi connectivity index (χ0n) is 9.99. The SMILES string of the molecule is O=C(O)c1cc(Oc2cc(Cl)nnc2Cl)ccc1[N+](=O)[O-]. The van der Waals surface area contributed by atoms with Crippen LogP contribution < -0.4 is 4.74 Å². The summed E-state index contributed by atoms with van der Waals surface area (Å²) < 4.78 is 5.31. The van der Waals surface area contributed by atoms with Crippen LogP contribution in [0.3, 0.4) is 0 Å². The summed E-state index contributed by atoms with van der Waals surface area (Å²) in [5.74, 6) is -1.38. The molecule has 2 aromatic rings. The molecule has 0 aliphatic heterocycles. The van der Waals surface area contributed by atoms with Gasteiger partial charge in [0.2, 0.25) is 0 Å². The Kier molecular flexibility index (Phi) is 4.20. The van der Waals surface area contributed by atoms with Gasteiger partial charge in [0.1, 0.15) is 11.3 Å². The first-order valence-electron chi connectivity index (χ1n) is 5.27. The van der Waals surface area contributed by atoms with Gasteiger partial charge >= 0.3 is 5.97 Å². The number of halogens is 2. The third-order valence-electron chi connectivity index (χ3n) is 2.31. The molecule has 2 rings (SSSR count). The highest BCUT2D eigenvalue weighted by Crippen LogP contribution is 2.31. The summed E-state index contributed by atoms with van der Waals surface area (Å²) in [6, 6.07) is 4.53. The summed E-state index contributed by atoms with van der Waals surface area (Å²) in [6.07, 6.45) is 0. The van der Waals surface area contributed by atoms with E-state index in [0.29, 0.717) is 0 Å². The summed E-state index contributed by atoms with van der Waals surface area (Å²) in [7, 11) is 0. The Bertz CT molecular complexity index is 738. The van der Waals surface area contributed by atoms with Crippen molar-refractivity contribution in [1.29, 1.82) is 0 Å². The van der Waals surface area contributed by atoms with Gasteiger partial charge in [-0.2, -0.15) is 0 Å². The number of carboxylic acid groups (broad SMARTS) is 1. The van der Waals surface area contributed by atoms with Crippen LogP contribution in [-0.4, -0.2) is 26.2 Å². The molecule has 1 aromatic heterocycles. The molecule has 108 valence electrons. The Morgan fingerprint density at radius 2 is 2.00 bits per heavy atom. The van der Waals surface area contributed by atoms with Gasteiger partial charge in [-0.3, -0.25) is 10.1 Å². The Balaban J connectivity index is 2.41. The standard InChI is InChI=1S/C11H5Cl2N3O5/c12-9-4-8(10(13)15-14-9)21-5-1-2-7(16(19)20)6(3-5)11(17)18/h1-4H,(H,17,18). The number of aromatic nitrogens is 2. The second kappa shape index (κ2) is 5.90. The van der Waals surface area contributed by atoms with Gasteiger partial charge in [0.15, 0.2) is 16.1 Å². The van der Waals surface area contributed by atoms with E-state index in [4.69, 9.17) is 33.0 Å². The topological polar surface area (TPSA) is 115 Å². The number of nitro groups is 1. The van der Waals surface area contributed by atoms with Crippen molar-refractivity contribution in [3.05, 3.63) is 50.2 Å². The minimum Gasteiger partial charge on any atom is -0.477 e. The first-order valence-corrected chi connectivity index (χ1v) is 6.02. The number of nitrogens with zero attached hydrogens (tertiary/aromatic N) is 3. The zero-order chi connectivity index (χ0) is 15.6. The first-order chi connectivity index (χ1) is 9.88. The van der Waals surface area contributed by atoms with E-state index in [2.05, 4.69) is 10.2 Å². The van der Waals surface area contributed by atoms with Crippen molar-refractivity contribution in [2.75, 3.05) is 0 Å². The van der Waals surface area contributed by atoms with Gasteiger partial charge in [-0.15, -0.1) is 10.2 Å². The molecule has 1 N–H and O–H groups in total. The van der Waals surface area contributed by atoms with E-state index < -0.39 is 22.1 Å². The van der Waals surface area contributed by atoms with Crippen molar-refractivity contribution in [3.63, 3.8) is 0 Å². The van der Waals surface area contributed by atoms with Crippen LogP contribution >= 0.6 is 23.2 Å². The highest BCUT2D eigenvalue weighted by atomic mass is 35.5. The van der Waals surface area contributed by atoms with Crippen molar-refractivity contribution in [3.8, 4) is 11.5 Å². The maximum Gasteiger partial charge on any atom is 0.342 e. The minimum absolute atomic E-state index is 0.0229. The van der Waals surface area contributed by atoms with Crippen LogP contribution in [0, 0.1) is 10.1 Å². The normalized spacial score (nSPS) is 10.2. The number of hydrogen-bond acceptors (Lipinski definition) is 6. The highest BCUT2D eigenvalue weighted by molar-refractivity contribution is 6.32. The summed E-state index contributed by atoms with van der Waals surface area (Å²) in [5.41, 5.74) is -1.06. The predicted molar refractivity (Wildman–Crippen MR) is 72.2 cm³/mol. The van der Waals surface area contributed by atoms with E-state index in [-0.39, 0.29) is 21.8 Å². The Morgan fingerprint density at radius 1 is 1.29 bits per heavy atom. The Hall–Kier alpha value is -2.45. The number of ether oxygens (including phenoxy) is 1. The second-order valence-electron chi connectivity index (χ2n) is 3.67. The number of carboxylic acids is 1. The number of nitro benzene ring substituents is 1. The fraction of sp³-hybridized carbons (Fsp3) is 0. The predicted octanol–water partition coefficient (Wildman–Crippen LogP) is 3.18.